The molecule has 21 heavy (non-hydrogen) atoms. The minimum absolute atomic E-state index is 0.0640. The zero-order valence-electron chi connectivity index (χ0n) is 11.5. The molecule has 1 amide bonds. The lowest BCUT2D eigenvalue weighted by Gasteiger charge is -2.10. The summed E-state index contributed by atoms with van der Waals surface area (Å²) in [5.74, 6) is 0.446. The number of halogens is 1. The molecule has 1 aliphatic carbocycles. The van der Waals surface area contributed by atoms with Gasteiger partial charge in [-0.15, -0.1) is 0 Å². The molecule has 1 aromatic carbocycles. The van der Waals surface area contributed by atoms with Gasteiger partial charge in [-0.25, -0.2) is 4.68 Å². The van der Waals surface area contributed by atoms with Crippen LogP contribution in [0.1, 0.15) is 23.2 Å². The van der Waals surface area contributed by atoms with Crippen LogP contribution < -0.4 is 11.1 Å². The van der Waals surface area contributed by atoms with Crippen molar-refractivity contribution in [1.29, 1.82) is 0 Å². The van der Waals surface area contributed by atoms with Gasteiger partial charge >= 0.3 is 0 Å². The van der Waals surface area contributed by atoms with Gasteiger partial charge in [0.1, 0.15) is 0 Å². The summed E-state index contributed by atoms with van der Waals surface area (Å²) in [5.41, 5.74) is 7.42. The fourth-order valence-corrected chi connectivity index (χ4v) is 2.59. The van der Waals surface area contributed by atoms with Crippen LogP contribution in [0.2, 0.25) is 0 Å². The largest absolute Gasteiger partial charge is 0.350 e. The first-order valence-corrected chi connectivity index (χ1v) is 7.77. The smallest absolute Gasteiger partial charge is 0.254 e. The molecule has 1 unspecified atom stereocenters. The zero-order valence-corrected chi connectivity index (χ0v) is 13.1. The van der Waals surface area contributed by atoms with E-state index in [1.54, 1.807) is 17.1 Å². The Bertz CT molecular complexity index is 651. The van der Waals surface area contributed by atoms with Crippen molar-refractivity contribution in [2.75, 3.05) is 6.54 Å². The number of nitrogens with zero attached hydrogens (tertiary/aromatic N) is 2. The number of hydrogen-bond donors (Lipinski definition) is 2. The molecule has 3 rings (SSSR count). The van der Waals surface area contributed by atoms with E-state index in [1.807, 2.05) is 24.3 Å². The highest BCUT2D eigenvalue weighted by molar-refractivity contribution is 9.10. The van der Waals surface area contributed by atoms with Gasteiger partial charge in [0.2, 0.25) is 0 Å². The SMILES string of the molecule is NC(CNC(=O)c1cnn(-c2cccc(Br)c2)c1)C1CC1. The van der Waals surface area contributed by atoms with E-state index in [0.717, 1.165) is 10.2 Å². The van der Waals surface area contributed by atoms with Gasteiger partial charge < -0.3 is 11.1 Å². The van der Waals surface area contributed by atoms with E-state index in [1.165, 1.54) is 12.8 Å². The van der Waals surface area contributed by atoms with Crippen molar-refractivity contribution in [3.05, 3.63) is 46.7 Å². The Kier molecular flexibility index (Phi) is 4.07. The van der Waals surface area contributed by atoms with E-state index in [-0.39, 0.29) is 11.9 Å². The Morgan fingerprint density at radius 1 is 1.52 bits per heavy atom. The number of rotatable bonds is 5. The van der Waals surface area contributed by atoms with E-state index in [9.17, 15) is 4.79 Å². The molecule has 110 valence electrons. The summed E-state index contributed by atoms with van der Waals surface area (Å²) in [7, 11) is 0. The second-order valence-corrected chi connectivity index (χ2v) is 6.28. The molecule has 1 fully saturated rings. The van der Waals surface area contributed by atoms with E-state index in [4.69, 9.17) is 5.73 Å². The van der Waals surface area contributed by atoms with E-state index in [2.05, 4.69) is 26.3 Å². The van der Waals surface area contributed by atoms with Crippen LogP contribution in [0.15, 0.2) is 41.1 Å². The van der Waals surface area contributed by atoms with Crippen LogP contribution in [0.4, 0.5) is 0 Å². The Labute approximate surface area is 131 Å². The predicted octanol–water partition coefficient (Wildman–Crippen LogP) is 2.10. The Morgan fingerprint density at radius 3 is 3.05 bits per heavy atom. The van der Waals surface area contributed by atoms with Gasteiger partial charge in [-0.2, -0.15) is 5.10 Å². The number of nitrogens with two attached hydrogens (primary N) is 1. The molecule has 5 nitrogen and oxygen atoms in total. The molecular formula is C15H17BrN4O. The molecule has 3 N–H and O–H groups in total. The number of carbonyl (C=O) groups excluding carboxylic acids is 1. The van der Waals surface area contributed by atoms with Gasteiger partial charge in [-0.1, -0.05) is 22.0 Å². The Morgan fingerprint density at radius 2 is 2.33 bits per heavy atom. The number of aromatic nitrogens is 2. The molecule has 0 radical (unpaired) electrons. The Balaban J connectivity index is 1.65. The first kappa shape index (κ1) is 14.3. The number of amides is 1. The number of benzene rings is 1. The lowest BCUT2D eigenvalue weighted by atomic mass is 10.2. The molecule has 1 heterocycles. The van der Waals surface area contributed by atoms with Crippen LogP contribution in [0.3, 0.4) is 0 Å². The summed E-state index contributed by atoms with van der Waals surface area (Å²) in [6.07, 6.45) is 5.65. The third-order valence-electron chi connectivity index (χ3n) is 3.64. The molecule has 0 saturated heterocycles. The maximum atomic E-state index is 12.1. The third-order valence-corrected chi connectivity index (χ3v) is 4.14. The second kappa shape index (κ2) is 5.99. The van der Waals surface area contributed by atoms with Gasteiger partial charge in [-0.3, -0.25) is 4.79 Å². The van der Waals surface area contributed by atoms with Gasteiger partial charge in [0.05, 0.1) is 17.4 Å². The van der Waals surface area contributed by atoms with Crippen molar-refractivity contribution in [1.82, 2.24) is 15.1 Å². The van der Waals surface area contributed by atoms with E-state index < -0.39 is 0 Å². The van der Waals surface area contributed by atoms with Gasteiger partial charge in [0.25, 0.3) is 5.91 Å². The fraction of sp³-hybridized carbons (Fsp3) is 0.333. The molecule has 0 spiro atoms. The third kappa shape index (κ3) is 3.51. The summed E-state index contributed by atoms with van der Waals surface area (Å²) in [6.45, 7) is 0.519. The highest BCUT2D eigenvalue weighted by Gasteiger charge is 2.28. The number of nitrogens with one attached hydrogen (secondary N) is 1. The van der Waals surface area contributed by atoms with Crippen molar-refractivity contribution < 1.29 is 4.79 Å². The van der Waals surface area contributed by atoms with Crippen LogP contribution in [0.5, 0.6) is 0 Å². The van der Waals surface area contributed by atoms with E-state index >= 15 is 0 Å². The first-order valence-electron chi connectivity index (χ1n) is 6.98. The fourth-order valence-electron chi connectivity index (χ4n) is 2.20. The monoisotopic (exact) mass is 348 g/mol. The maximum Gasteiger partial charge on any atom is 0.254 e. The minimum Gasteiger partial charge on any atom is -0.350 e. The summed E-state index contributed by atoms with van der Waals surface area (Å²) >= 11 is 3.42. The quantitative estimate of drug-likeness (QED) is 0.868. The molecule has 1 saturated carbocycles. The lowest BCUT2D eigenvalue weighted by molar-refractivity contribution is 0.0950. The van der Waals surface area contributed by atoms with Crippen molar-refractivity contribution in [3.8, 4) is 5.69 Å². The first-order chi connectivity index (χ1) is 10.1. The maximum absolute atomic E-state index is 12.1. The lowest BCUT2D eigenvalue weighted by Crippen LogP contribution is -2.38. The van der Waals surface area contributed by atoms with Crippen LogP contribution >= 0.6 is 15.9 Å². The summed E-state index contributed by atoms with van der Waals surface area (Å²) in [5, 5.41) is 7.10. The molecule has 0 aliphatic heterocycles. The highest BCUT2D eigenvalue weighted by atomic mass is 79.9. The van der Waals surface area contributed by atoms with Crippen molar-refractivity contribution in [3.63, 3.8) is 0 Å². The van der Waals surface area contributed by atoms with Gasteiger partial charge in [0, 0.05) is 23.3 Å². The summed E-state index contributed by atoms with van der Waals surface area (Å²) in [4.78, 5) is 12.1. The summed E-state index contributed by atoms with van der Waals surface area (Å²) < 4.78 is 2.65. The standard InChI is InChI=1S/C15H17BrN4O/c16-12-2-1-3-13(6-12)20-9-11(7-19-20)15(21)18-8-14(17)10-4-5-10/h1-3,6-7,9-10,14H,4-5,8,17H2,(H,18,21). The average Bonchev–Trinajstić information content (AvgIpc) is 3.21. The van der Waals surface area contributed by atoms with Crippen LogP contribution in [0.25, 0.3) is 5.69 Å². The molecular weight excluding hydrogens is 332 g/mol. The van der Waals surface area contributed by atoms with E-state index in [0.29, 0.717) is 18.0 Å². The van der Waals surface area contributed by atoms with Crippen LogP contribution in [0, 0.1) is 5.92 Å². The normalized spacial score (nSPS) is 15.7. The summed E-state index contributed by atoms with van der Waals surface area (Å²) in [6, 6.07) is 7.81. The molecule has 0 bridgehead atoms. The number of carbonyl (C=O) groups is 1. The van der Waals surface area contributed by atoms with Crippen molar-refractivity contribution in [2.24, 2.45) is 11.7 Å². The Hall–Kier alpha value is -1.66. The topological polar surface area (TPSA) is 72.9 Å². The molecule has 2 aromatic rings. The van der Waals surface area contributed by atoms with Gasteiger partial charge in [0.15, 0.2) is 0 Å². The molecule has 1 aliphatic rings. The highest BCUT2D eigenvalue weighted by Crippen LogP contribution is 2.31. The van der Waals surface area contributed by atoms with Crippen molar-refractivity contribution in [2.45, 2.75) is 18.9 Å². The molecule has 1 aromatic heterocycles. The average molecular weight is 349 g/mol. The van der Waals surface area contributed by atoms with Crippen LogP contribution in [-0.2, 0) is 0 Å². The number of hydrogen-bond acceptors (Lipinski definition) is 3. The van der Waals surface area contributed by atoms with Crippen molar-refractivity contribution >= 4 is 21.8 Å². The minimum atomic E-state index is -0.132. The molecule has 1 atom stereocenters. The zero-order chi connectivity index (χ0) is 14.8. The van der Waals surface area contributed by atoms with Gasteiger partial charge in [-0.05, 0) is 37.0 Å². The molecule has 6 heteroatoms. The predicted molar refractivity (Wildman–Crippen MR) is 84.3 cm³/mol. The second-order valence-electron chi connectivity index (χ2n) is 5.36. The van der Waals surface area contributed by atoms with Crippen LogP contribution in [-0.4, -0.2) is 28.3 Å².